The maximum absolute atomic E-state index is 11.2. The number of rotatable bonds is 3. The Morgan fingerprint density at radius 2 is 1.89 bits per heavy atom. The van der Waals surface area contributed by atoms with Crippen LogP contribution < -0.4 is 4.43 Å². The summed E-state index contributed by atoms with van der Waals surface area (Å²) in [4.78, 5) is 11.2. The average Bonchev–Trinajstić information content (AvgIpc) is 2.18. The Morgan fingerprint density at radius 1 is 1.33 bits per heavy atom. The van der Waals surface area contributed by atoms with Gasteiger partial charge < -0.3 is 9.53 Å². The van der Waals surface area contributed by atoms with E-state index < -0.39 is 14.3 Å². The van der Waals surface area contributed by atoms with Gasteiger partial charge in [-0.25, -0.2) is 4.79 Å². The van der Waals surface area contributed by atoms with Crippen LogP contribution in [0.3, 0.4) is 0 Å². The molecule has 0 saturated heterocycles. The van der Waals surface area contributed by atoms with E-state index in [4.69, 9.17) is 4.43 Å². The lowest BCUT2D eigenvalue weighted by atomic mass is 10.2. The topological polar surface area (TPSA) is 46.5 Å². The summed E-state index contributed by atoms with van der Waals surface area (Å²) in [5.41, 5.74) is 0.203. The maximum Gasteiger partial charge on any atom is 0.339 e. The fourth-order valence-electron chi connectivity index (χ4n) is 1.19. The van der Waals surface area contributed by atoms with E-state index in [0.29, 0.717) is 5.75 Å². The van der Waals surface area contributed by atoms with Crippen LogP contribution in [-0.2, 0) is 0 Å². The first kappa shape index (κ1) is 15.2. The van der Waals surface area contributed by atoms with Crippen molar-refractivity contribution in [1.82, 2.24) is 0 Å². The molecule has 0 heterocycles. The van der Waals surface area contributed by atoms with Crippen molar-refractivity contribution in [2.45, 2.75) is 38.9 Å². The monoisotopic (exact) mass is 330 g/mol. The summed E-state index contributed by atoms with van der Waals surface area (Å²) in [6.45, 7) is 10.6. The maximum atomic E-state index is 11.2. The molecular formula is C13H19BrO3Si. The van der Waals surface area contributed by atoms with Gasteiger partial charge in [0, 0.05) is 4.47 Å². The van der Waals surface area contributed by atoms with Crippen molar-refractivity contribution >= 4 is 30.2 Å². The number of carbonyl (C=O) groups is 1. The molecule has 1 aromatic carbocycles. The predicted octanol–water partition coefficient (Wildman–Crippen LogP) is 4.53. The molecule has 0 fully saturated rings. The van der Waals surface area contributed by atoms with E-state index in [9.17, 15) is 9.90 Å². The van der Waals surface area contributed by atoms with Crippen LogP contribution in [0.25, 0.3) is 0 Å². The van der Waals surface area contributed by atoms with Crippen LogP contribution in [0, 0.1) is 0 Å². The first-order valence-electron chi connectivity index (χ1n) is 5.76. The van der Waals surface area contributed by atoms with Gasteiger partial charge in [0.05, 0.1) is 0 Å². The Kier molecular flexibility index (Phi) is 4.28. The highest BCUT2D eigenvalue weighted by atomic mass is 79.9. The van der Waals surface area contributed by atoms with Crippen LogP contribution >= 0.6 is 15.9 Å². The Morgan fingerprint density at radius 3 is 2.33 bits per heavy atom. The Balaban J connectivity index is 3.16. The summed E-state index contributed by atoms with van der Waals surface area (Å²) in [5.74, 6) is -0.512. The molecule has 100 valence electrons. The van der Waals surface area contributed by atoms with Gasteiger partial charge in [0.25, 0.3) is 8.32 Å². The van der Waals surface area contributed by atoms with E-state index >= 15 is 0 Å². The van der Waals surface area contributed by atoms with Gasteiger partial charge in [0.2, 0.25) is 0 Å². The second-order valence-corrected chi connectivity index (χ2v) is 11.4. The first-order valence-corrected chi connectivity index (χ1v) is 9.46. The van der Waals surface area contributed by atoms with Crippen molar-refractivity contribution in [2.75, 3.05) is 0 Å². The molecule has 0 spiro atoms. The van der Waals surface area contributed by atoms with Crippen LogP contribution in [0.1, 0.15) is 31.1 Å². The van der Waals surface area contributed by atoms with Crippen LogP contribution in [0.5, 0.6) is 5.75 Å². The van der Waals surface area contributed by atoms with Crippen molar-refractivity contribution in [3.8, 4) is 5.75 Å². The predicted molar refractivity (Wildman–Crippen MR) is 78.9 cm³/mol. The lowest BCUT2D eigenvalue weighted by molar-refractivity contribution is 0.0694. The average molecular weight is 331 g/mol. The quantitative estimate of drug-likeness (QED) is 0.828. The highest BCUT2D eigenvalue weighted by molar-refractivity contribution is 9.10. The summed E-state index contributed by atoms with van der Waals surface area (Å²) >= 11 is 3.28. The number of carboxylic acids is 1. The standard InChI is InChI=1S/C13H19BrO3Si/c1-13(2,3)18(4,5)17-11-7-6-9(14)8-10(11)12(15)16/h6-8H,1-5H3,(H,15,16). The summed E-state index contributed by atoms with van der Waals surface area (Å²) in [6.07, 6.45) is 0. The van der Waals surface area contributed by atoms with Crippen LogP contribution in [0.15, 0.2) is 22.7 Å². The molecule has 0 bridgehead atoms. The number of benzene rings is 1. The molecule has 0 saturated carbocycles. The van der Waals surface area contributed by atoms with E-state index in [1.165, 1.54) is 0 Å². The van der Waals surface area contributed by atoms with Crippen LogP contribution in [0.2, 0.25) is 18.1 Å². The minimum absolute atomic E-state index is 0.0375. The van der Waals surface area contributed by atoms with Gasteiger partial charge >= 0.3 is 5.97 Å². The van der Waals surface area contributed by atoms with Crippen molar-refractivity contribution in [3.63, 3.8) is 0 Å². The summed E-state index contributed by atoms with van der Waals surface area (Å²) in [7, 11) is -2.02. The highest BCUT2D eigenvalue weighted by Gasteiger charge is 2.39. The van der Waals surface area contributed by atoms with Gasteiger partial charge in [-0.3, -0.25) is 0 Å². The molecule has 1 rings (SSSR count). The van der Waals surface area contributed by atoms with E-state index in [1.807, 2.05) is 0 Å². The third-order valence-corrected chi connectivity index (χ3v) is 8.18. The van der Waals surface area contributed by atoms with Gasteiger partial charge in [-0.1, -0.05) is 36.7 Å². The highest BCUT2D eigenvalue weighted by Crippen LogP contribution is 2.38. The molecule has 0 aliphatic carbocycles. The van der Waals surface area contributed by atoms with E-state index in [2.05, 4.69) is 49.8 Å². The Bertz CT molecular complexity index is 464. The second-order valence-electron chi connectivity index (χ2n) is 5.81. The van der Waals surface area contributed by atoms with Gasteiger partial charge in [-0.05, 0) is 36.3 Å². The van der Waals surface area contributed by atoms with Crippen molar-refractivity contribution < 1.29 is 14.3 Å². The molecule has 5 heteroatoms. The number of carboxylic acid groups (broad SMARTS) is 1. The molecule has 1 aromatic rings. The minimum Gasteiger partial charge on any atom is -0.543 e. The van der Waals surface area contributed by atoms with E-state index in [-0.39, 0.29) is 10.6 Å². The molecule has 1 N–H and O–H groups in total. The molecule has 3 nitrogen and oxygen atoms in total. The van der Waals surface area contributed by atoms with Gasteiger partial charge in [0.1, 0.15) is 11.3 Å². The summed E-state index contributed by atoms with van der Waals surface area (Å²) < 4.78 is 6.79. The molecule has 0 radical (unpaired) electrons. The molecule has 0 unspecified atom stereocenters. The molecule has 0 aliphatic heterocycles. The Labute approximate surface area is 117 Å². The largest absolute Gasteiger partial charge is 0.543 e. The van der Waals surface area contributed by atoms with Crippen molar-refractivity contribution in [3.05, 3.63) is 28.2 Å². The van der Waals surface area contributed by atoms with Gasteiger partial charge in [0.15, 0.2) is 0 Å². The van der Waals surface area contributed by atoms with Crippen LogP contribution in [0.4, 0.5) is 0 Å². The number of halogens is 1. The molecule has 0 aliphatic rings. The zero-order valence-electron chi connectivity index (χ0n) is 11.4. The number of hydrogen-bond acceptors (Lipinski definition) is 2. The van der Waals surface area contributed by atoms with Crippen molar-refractivity contribution in [2.24, 2.45) is 0 Å². The third-order valence-electron chi connectivity index (χ3n) is 3.34. The summed E-state index contributed by atoms with van der Waals surface area (Å²) in [6, 6.07) is 5.09. The second kappa shape index (κ2) is 5.05. The van der Waals surface area contributed by atoms with Gasteiger partial charge in [-0.15, -0.1) is 0 Å². The number of hydrogen-bond donors (Lipinski definition) is 1. The van der Waals surface area contributed by atoms with Gasteiger partial charge in [-0.2, -0.15) is 0 Å². The zero-order chi connectivity index (χ0) is 14.1. The zero-order valence-corrected chi connectivity index (χ0v) is 14.0. The molecule has 0 amide bonds. The SMILES string of the molecule is CC(C)(C)[Si](C)(C)Oc1ccc(Br)cc1C(=O)O. The first-order chi connectivity index (χ1) is 8.04. The van der Waals surface area contributed by atoms with E-state index in [0.717, 1.165) is 4.47 Å². The van der Waals surface area contributed by atoms with Crippen LogP contribution in [-0.4, -0.2) is 19.4 Å². The fraction of sp³-hybridized carbons (Fsp3) is 0.462. The number of aromatic carboxylic acids is 1. The third kappa shape index (κ3) is 3.35. The summed E-state index contributed by atoms with van der Waals surface area (Å²) in [5, 5.41) is 9.24. The molecule has 0 aromatic heterocycles. The molecule has 0 atom stereocenters. The minimum atomic E-state index is -2.02. The van der Waals surface area contributed by atoms with E-state index in [1.54, 1.807) is 18.2 Å². The fourth-order valence-corrected chi connectivity index (χ4v) is 2.58. The van der Waals surface area contributed by atoms with Crippen molar-refractivity contribution in [1.29, 1.82) is 0 Å². The normalized spacial score (nSPS) is 12.3. The lowest BCUT2D eigenvalue weighted by Gasteiger charge is -2.36. The molecule has 18 heavy (non-hydrogen) atoms. The smallest absolute Gasteiger partial charge is 0.339 e. The Hall–Kier alpha value is -0.813. The lowest BCUT2D eigenvalue weighted by Crippen LogP contribution is -2.44. The molecular weight excluding hydrogens is 312 g/mol.